The molecule has 0 bridgehead atoms. The molecule has 0 aliphatic heterocycles. The summed E-state index contributed by atoms with van der Waals surface area (Å²) in [5, 5.41) is 7.51. The predicted molar refractivity (Wildman–Crippen MR) is 94.6 cm³/mol. The molecular weight excluding hydrogens is 270 g/mol. The Kier molecular flexibility index (Phi) is 4.74. The first kappa shape index (κ1) is 16.3. The van der Waals surface area contributed by atoms with Crippen molar-refractivity contribution in [3.05, 3.63) is 52.7 Å². The number of allylic oxidation sites excluding steroid dienone is 2. The predicted octanol–water partition coefficient (Wildman–Crippen LogP) is 3.95. The van der Waals surface area contributed by atoms with Gasteiger partial charge in [-0.05, 0) is 49.3 Å². The number of amidine groups is 1. The molecule has 22 heavy (non-hydrogen) atoms. The van der Waals surface area contributed by atoms with Crippen molar-refractivity contribution in [2.75, 3.05) is 0 Å². The molecule has 0 amide bonds. The molecule has 1 aliphatic rings. The Morgan fingerprint density at radius 1 is 1.36 bits per heavy atom. The molecule has 3 heteroatoms. The first-order valence-corrected chi connectivity index (χ1v) is 7.91. The fraction of sp³-hybridized carbons (Fsp3) is 0.421. The van der Waals surface area contributed by atoms with Gasteiger partial charge in [0.05, 0.1) is 5.84 Å². The molecule has 0 spiro atoms. The zero-order chi connectivity index (χ0) is 16.3. The molecule has 1 aromatic carbocycles. The fourth-order valence-corrected chi connectivity index (χ4v) is 3.66. The average molecular weight is 297 g/mol. The summed E-state index contributed by atoms with van der Waals surface area (Å²) in [6.07, 6.45) is 6.74. The monoisotopic (exact) mass is 297 g/mol. The van der Waals surface area contributed by atoms with Crippen LogP contribution in [0.5, 0.6) is 0 Å². The van der Waals surface area contributed by atoms with Gasteiger partial charge in [-0.1, -0.05) is 43.3 Å². The summed E-state index contributed by atoms with van der Waals surface area (Å²) in [6, 6.07) is 8.62. The molecule has 0 radical (unpaired) electrons. The third-order valence-electron chi connectivity index (χ3n) is 4.62. The third-order valence-corrected chi connectivity index (χ3v) is 4.62. The molecule has 0 unspecified atom stereocenters. The van der Waals surface area contributed by atoms with Crippen LogP contribution in [0.2, 0.25) is 0 Å². The SMILES string of the molecule is C/C=C/c1cccc(C2(/C(N)=C(\C)CC(=N)N)CC(C)C2)c1. The number of nitrogens with one attached hydrogen (secondary N) is 1. The van der Waals surface area contributed by atoms with Crippen molar-refractivity contribution in [3.63, 3.8) is 0 Å². The maximum atomic E-state index is 7.51. The number of nitrogens with two attached hydrogens (primary N) is 2. The van der Waals surface area contributed by atoms with E-state index in [4.69, 9.17) is 16.9 Å². The van der Waals surface area contributed by atoms with Crippen LogP contribution in [0.3, 0.4) is 0 Å². The van der Waals surface area contributed by atoms with E-state index in [1.807, 2.05) is 13.8 Å². The molecule has 1 aromatic rings. The highest BCUT2D eigenvalue weighted by atomic mass is 14.7. The lowest BCUT2D eigenvalue weighted by Crippen LogP contribution is -2.45. The van der Waals surface area contributed by atoms with Gasteiger partial charge in [0.25, 0.3) is 0 Å². The Bertz CT molecular complexity index is 619. The van der Waals surface area contributed by atoms with E-state index in [0.717, 1.165) is 24.1 Å². The molecule has 1 fully saturated rings. The Balaban J connectivity index is 2.45. The van der Waals surface area contributed by atoms with Gasteiger partial charge in [0.15, 0.2) is 0 Å². The van der Waals surface area contributed by atoms with Gasteiger partial charge in [-0.25, -0.2) is 0 Å². The number of hydrogen-bond acceptors (Lipinski definition) is 2. The molecule has 1 saturated carbocycles. The van der Waals surface area contributed by atoms with Crippen molar-refractivity contribution in [2.24, 2.45) is 17.4 Å². The summed E-state index contributed by atoms with van der Waals surface area (Å²) >= 11 is 0. The normalized spacial score (nSPS) is 25.7. The lowest BCUT2D eigenvalue weighted by atomic mass is 9.56. The van der Waals surface area contributed by atoms with Crippen LogP contribution in [0, 0.1) is 11.3 Å². The van der Waals surface area contributed by atoms with E-state index in [9.17, 15) is 0 Å². The summed E-state index contributed by atoms with van der Waals surface area (Å²) < 4.78 is 0. The van der Waals surface area contributed by atoms with Crippen molar-refractivity contribution in [2.45, 2.75) is 45.4 Å². The topological polar surface area (TPSA) is 75.9 Å². The zero-order valence-electron chi connectivity index (χ0n) is 13.8. The van der Waals surface area contributed by atoms with Crippen LogP contribution in [-0.2, 0) is 5.41 Å². The third kappa shape index (κ3) is 3.08. The Morgan fingerprint density at radius 3 is 2.59 bits per heavy atom. The van der Waals surface area contributed by atoms with Crippen LogP contribution in [-0.4, -0.2) is 5.84 Å². The maximum Gasteiger partial charge on any atom is 0.0947 e. The van der Waals surface area contributed by atoms with Gasteiger partial charge in [-0.15, -0.1) is 0 Å². The highest BCUT2D eigenvalue weighted by Crippen LogP contribution is 2.52. The standard InChI is InChI=1S/C19H27N3/c1-4-6-15-7-5-8-16(10-15)19(11-13(2)12-19)18(22)14(3)9-17(20)21/h4-8,10,13H,9,11-12,22H2,1-3H3,(H3,20,21)/b6-4+,18-14-. The molecule has 3 nitrogen and oxygen atoms in total. The molecule has 1 aliphatic carbocycles. The Labute approximate surface area is 133 Å². The summed E-state index contributed by atoms with van der Waals surface area (Å²) in [6.45, 7) is 6.29. The zero-order valence-corrected chi connectivity index (χ0v) is 13.8. The second kappa shape index (κ2) is 6.39. The summed E-state index contributed by atoms with van der Waals surface area (Å²) in [4.78, 5) is 0. The Hall–Kier alpha value is -2.03. The van der Waals surface area contributed by atoms with Gasteiger partial charge in [0, 0.05) is 17.5 Å². The number of benzene rings is 1. The lowest BCUT2D eigenvalue weighted by molar-refractivity contribution is 0.192. The minimum Gasteiger partial charge on any atom is -0.401 e. The smallest absolute Gasteiger partial charge is 0.0947 e. The highest BCUT2D eigenvalue weighted by Gasteiger charge is 2.46. The fourth-order valence-electron chi connectivity index (χ4n) is 3.66. The minimum atomic E-state index is -0.0868. The van der Waals surface area contributed by atoms with Crippen molar-refractivity contribution >= 4 is 11.9 Å². The molecule has 0 atom stereocenters. The van der Waals surface area contributed by atoms with E-state index in [1.165, 1.54) is 11.1 Å². The van der Waals surface area contributed by atoms with Crippen LogP contribution < -0.4 is 11.5 Å². The van der Waals surface area contributed by atoms with E-state index in [0.29, 0.717) is 12.3 Å². The van der Waals surface area contributed by atoms with Crippen molar-refractivity contribution in [3.8, 4) is 0 Å². The largest absolute Gasteiger partial charge is 0.401 e. The quantitative estimate of drug-likeness (QED) is 0.568. The van der Waals surface area contributed by atoms with E-state index in [-0.39, 0.29) is 11.3 Å². The second-order valence-corrected chi connectivity index (χ2v) is 6.62. The maximum absolute atomic E-state index is 7.51. The highest BCUT2D eigenvalue weighted by molar-refractivity contribution is 5.79. The van der Waals surface area contributed by atoms with E-state index < -0.39 is 0 Å². The molecular formula is C19H27N3. The molecule has 0 aromatic heterocycles. The molecule has 0 heterocycles. The second-order valence-electron chi connectivity index (χ2n) is 6.62. The van der Waals surface area contributed by atoms with Crippen molar-refractivity contribution in [1.82, 2.24) is 0 Å². The lowest BCUT2D eigenvalue weighted by Gasteiger charge is -2.48. The van der Waals surface area contributed by atoms with Gasteiger partial charge in [0.2, 0.25) is 0 Å². The molecule has 2 rings (SSSR count). The van der Waals surface area contributed by atoms with Crippen LogP contribution in [0.25, 0.3) is 6.08 Å². The van der Waals surface area contributed by atoms with E-state index in [2.05, 4.69) is 43.3 Å². The van der Waals surface area contributed by atoms with Crippen molar-refractivity contribution in [1.29, 1.82) is 5.41 Å². The number of rotatable bonds is 5. The van der Waals surface area contributed by atoms with Crippen LogP contribution in [0.15, 0.2) is 41.6 Å². The van der Waals surface area contributed by atoms with Gasteiger partial charge in [0.1, 0.15) is 0 Å². The molecule has 0 saturated heterocycles. The number of hydrogen-bond donors (Lipinski definition) is 3. The van der Waals surface area contributed by atoms with Gasteiger partial charge in [-0.2, -0.15) is 0 Å². The molecule has 118 valence electrons. The first-order valence-electron chi connectivity index (χ1n) is 7.91. The summed E-state index contributed by atoms with van der Waals surface area (Å²) in [5.74, 6) is 0.847. The van der Waals surface area contributed by atoms with Crippen LogP contribution in [0.1, 0.15) is 51.2 Å². The first-order chi connectivity index (χ1) is 10.4. The molecule has 5 N–H and O–H groups in total. The average Bonchev–Trinajstić information content (AvgIpc) is 2.43. The van der Waals surface area contributed by atoms with Gasteiger partial charge < -0.3 is 11.5 Å². The van der Waals surface area contributed by atoms with Crippen LogP contribution >= 0.6 is 0 Å². The summed E-state index contributed by atoms with van der Waals surface area (Å²) in [7, 11) is 0. The van der Waals surface area contributed by atoms with E-state index in [1.54, 1.807) is 0 Å². The summed E-state index contributed by atoms with van der Waals surface area (Å²) in [5.41, 5.74) is 16.4. The van der Waals surface area contributed by atoms with Crippen molar-refractivity contribution < 1.29 is 0 Å². The van der Waals surface area contributed by atoms with Crippen LogP contribution in [0.4, 0.5) is 0 Å². The van der Waals surface area contributed by atoms with Gasteiger partial charge in [-0.3, -0.25) is 5.41 Å². The Morgan fingerprint density at radius 2 is 2.05 bits per heavy atom. The minimum absolute atomic E-state index is 0.0868. The van der Waals surface area contributed by atoms with E-state index >= 15 is 0 Å². The van der Waals surface area contributed by atoms with Gasteiger partial charge >= 0.3 is 0 Å².